The number of hydrogen-bond acceptors (Lipinski definition) is 0. The van der Waals surface area contributed by atoms with Crippen molar-refractivity contribution in [1.82, 2.24) is 0 Å². The third-order valence-electron chi connectivity index (χ3n) is 1.36. The number of benzene rings is 1. The Morgan fingerprint density at radius 1 is 0.643 bits per heavy atom. The maximum Gasteiger partial charge on any atom is 0.200 e. The van der Waals surface area contributed by atoms with Gasteiger partial charge >= 0.3 is 0 Å². The smallest absolute Gasteiger partial charge is 0.200 e. The Labute approximate surface area is 85.9 Å². The van der Waals surface area contributed by atoms with E-state index in [-0.39, 0.29) is 0 Å². The van der Waals surface area contributed by atoms with E-state index in [0.717, 1.165) is 0 Å². The molecular formula is C6Cl2F5P. The summed E-state index contributed by atoms with van der Waals surface area (Å²) >= 11 is 10.2. The average molecular weight is 269 g/mol. The molecule has 14 heavy (non-hydrogen) atoms. The monoisotopic (exact) mass is 268 g/mol. The van der Waals surface area contributed by atoms with Crippen molar-refractivity contribution in [2.24, 2.45) is 0 Å². The van der Waals surface area contributed by atoms with Crippen molar-refractivity contribution >= 4 is 34.4 Å². The Bertz CT molecular complexity index is 352. The molecule has 8 heteroatoms. The van der Waals surface area contributed by atoms with Gasteiger partial charge in [0, 0.05) is 0 Å². The molecule has 0 aromatic heterocycles. The quantitative estimate of drug-likeness (QED) is 0.315. The zero-order valence-electron chi connectivity index (χ0n) is 6.09. The molecule has 1 aromatic rings. The highest BCUT2D eigenvalue weighted by molar-refractivity contribution is 8.08. The molecule has 0 unspecified atom stereocenters. The first kappa shape index (κ1) is 12.0. The predicted octanol–water partition coefficient (Wildman–Crippen LogP) is 3.80. The van der Waals surface area contributed by atoms with E-state index in [4.69, 9.17) is 22.5 Å². The highest BCUT2D eigenvalue weighted by Crippen LogP contribution is 2.47. The van der Waals surface area contributed by atoms with E-state index >= 15 is 0 Å². The topological polar surface area (TPSA) is 0 Å². The van der Waals surface area contributed by atoms with E-state index in [1.54, 1.807) is 0 Å². The zero-order valence-corrected chi connectivity index (χ0v) is 8.50. The summed E-state index contributed by atoms with van der Waals surface area (Å²) in [6, 6.07) is 0. The molecule has 0 aliphatic carbocycles. The van der Waals surface area contributed by atoms with Gasteiger partial charge in [-0.25, -0.2) is 22.0 Å². The molecular weight excluding hydrogens is 269 g/mol. The van der Waals surface area contributed by atoms with Crippen LogP contribution in [0.1, 0.15) is 0 Å². The van der Waals surface area contributed by atoms with Crippen LogP contribution in [0.2, 0.25) is 0 Å². The maximum absolute atomic E-state index is 12.8. The summed E-state index contributed by atoms with van der Waals surface area (Å²) < 4.78 is 63.0. The summed E-state index contributed by atoms with van der Waals surface area (Å²) in [7, 11) is 0. The van der Waals surface area contributed by atoms with Crippen LogP contribution in [0.4, 0.5) is 22.0 Å². The first-order chi connectivity index (χ1) is 6.37. The maximum atomic E-state index is 12.8. The molecule has 0 radical (unpaired) electrons. The van der Waals surface area contributed by atoms with Gasteiger partial charge in [0.05, 0.1) is 5.30 Å². The summed E-state index contributed by atoms with van der Waals surface area (Å²) in [4.78, 5) is 0. The van der Waals surface area contributed by atoms with E-state index in [1.165, 1.54) is 0 Å². The molecule has 0 aliphatic heterocycles. The second-order valence-corrected chi connectivity index (χ2v) is 5.61. The number of hydrogen-bond donors (Lipinski definition) is 0. The lowest BCUT2D eigenvalue weighted by Gasteiger charge is -2.07. The third kappa shape index (κ3) is 1.81. The normalized spacial score (nSPS) is 11.1. The largest absolute Gasteiger partial charge is 0.203 e. The predicted molar refractivity (Wildman–Crippen MR) is 44.5 cm³/mol. The van der Waals surface area contributed by atoms with E-state index in [2.05, 4.69) is 0 Å². The molecule has 78 valence electrons. The van der Waals surface area contributed by atoms with Gasteiger partial charge in [-0.1, -0.05) is 22.5 Å². The van der Waals surface area contributed by atoms with Crippen molar-refractivity contribution < 1.29 is 22.0 Å². The van der Waals surface area contributed by atoms with E-state index in [9.17, 15) is 22.0 Å². The first-order valence-corrected chi connectivity index (χ1v) is 6.16. The molecule has 0 aliphatic rings. The van der Waals surface area contributed by atoms with E-state index in [1.807, 2.05) is 0 Å². The van der Waals surface area contributed by atoms with Crippen LogP contribution >= 0.6 is 29.1 Å². The minimum atomic E-state index is -2.43. The van der Waals surface area contributed by atoms with Gasteiger partial charge in [0.2, 0.25) is 5.82 Å². The highest BCUT2D eigenvalue weighted by Gasteiger charge is 2.28. The summed E-state index contributed by atoms with van der Waals surface area (Å²) in [5.41, 5.74) is 0. The fraction of sp³-hybridized carbons (Fsp3) is 0. The fourth-order valence-electron chi connectivity index (χ4n) is 0.742. The zero-order chi connectivity index (χ0) is 11.0. The molecule has 0 spiro atoms. The molecule has 0 amide bonds. The summed E-state index contributed by atoms with van der Waals surface area (Å²) in [6.45, 7) is -2.43. The minimum Gasteiger partial charge on any atom is -0.203 e. The molecule has 0 bridgehead atoms. The van der Waals surface area contributed by atoms with Crippen molar-refractivity contribution in [1.29, 1.82) is 0 Å². The molecule has 0 heterocycles. The minimum absolute atomic E-state index is 1.18. The molecule has 0 saturated carbocycles. The Morgan fingerprint density at radius 2 is 0.929 bits per heavy atom. The van der Waals surface area contributed by atoms with E-state index < -0.39 is 41.0 Å². The van der Waals surface area contributed by atoms with Crippen molar-refractivity contribution in [2.75, 3.05) is 0 Å². The van der Waals surface area contributed by atoms with E-state index in [0.29, 0.717) is 0 Å². The van der Waals surface area contributed by atoms with Gasteiger partial charge in [-0.05, 0) is 0 Å². The lowest BCUT2D eigenvalue weighted by Crippen LogP contribution is -2.16. The van der Waals surface area contributed by atoms with Gasteiger partial charge in [-0.3, -0.25) is 0 Å². The van der Waals surface area contributed by atoms with Crippen LogP contribution in [-0.2, 0) is 0 Å². The Hall–Kier alpha value is -0.120. The second-order valence-electron chi connectivity index (χ2n) is 2.15. The molecule has 1 aromatic carbocycles. The van der Waals surface area contributed by atoms with Gasteiger partial charge in [-0.2, -0.15) is 0 Å². The van der Waals surface area contributed by atoms with Gasteiger partial charge < -0.3 is 0 Å². The second kappa shape index (κ2) is 4.17. The first-order valence-electron chi connectivity index (χ1n) is 3.01. The Balaban J connectivity index is 3.60. The van der Waals surface area contributed by atoms with Gasteiger partial charge in [0.15, 0.2) is 23.3 Å². The van der Waals surface area contributed by atoms with Crippen molar-refractivity contribution in [3.63, 3.8) is 0 Å². The summed E-state index contributed by atoms with van der Waals surface area (Å²) in [5, 5.41) is -1.18. The van der Waals surface area contributed by atoms with Crippen molar-refractivity contribution in [3.05, 3.63) is 29.1 Å². The van der Waals surface area contributed by atoms with Crippen molar-refractivity contribution in [2.45, 2.75) is 0 Å². The SMILES string of the molecule is Fc1c(F)c(F)c(P(Cl)Cl)c(F)c1F. The number of rotatable bonds is 1. The van der Waals surface area contributed by atoms with Crippen molar-refractivity contribution in [3.8, 4) is 0 Å². The molecule has 0 nitrogen and oxygen atoms in total. The molecule has 0 fully saturated rings. The highest BCUT2D eigenvalue weighted by atomic mass is 35.9. The van der Waals surface area contributed by atoms with Gasteiger partial charge in [0.25, 0.3) is 0 Å². The molecule has 0 N–H and O–H groups in total. The fourth-order valence-corrected chi connectivity index (χ4v) is 2.13. The Morgan fingerprint density at radius 3 is 1.21 bits per heavy atom. The lowest BCUT2D eigenvalue weighted by atomic mass is 10.3. The summed E-state index contributed by atoms with van der Waals surface area (Å²) in [5.74, 6) is -10.3. The molecule has 0 saturated heterocycles. The molecule has 1 rings (SSSR count). The lowest BCUT2D eigenvalue weighted by molar-refractivity contribution is 0.384. The summed E-state index contributed by atoms with van der Waals surface area (Å²) in [6.07, 6.45) is 0. The standard InChI is InChI=1S/C6Cl2F5P/c7-14(8)6-4(12)2(10)1(9)3(11)5(6)13. The van der Waals surface area contributed by atoms with Crippen LogP contribution in [0.3, 0.4) is 0 Å². The van der Waals surface area contributed by atoms with Crippen LogP contribution in [-0.4, -0.2) is 0 Å². The van der Waals surface area contributed by atoms with Crippen LogP contribution in [0.15, 0.2) is 0 Å². The van der Waals surface area contributed by atoms with Crippen LogP contribution < -0.4 is 5.30 Å². The molecule has 0 atom stereocenters. The van der Waals surface area contributed by atoms with Gasteiger partial charge in [-0.15, -0.1) is 0 Å². The van der Waals surface area contributed by atoms with Gasteiger partial charge in [0.1, 0.15) is 6.63 Å². The Kier molecular flexibility index (Phi) is 3.56. The van der Waals surface area contributed by atoms with Crippen LogP contribution in [0, 0.1) is 29.1 Å². The third-order valence-corrected chi connectivity index (χ3v) is 3.10. The van der Waals surface area contributed by atoms with Crippen LogP contribution in [0.25, 0.3) is 0 Å². The average Bonchev–Trinajstić information content (AvgIpc) is 2.11. The number of halogens is 7. The van der Waals surface area contributed by atoms with Crippen LogP contribution in [0.5, 0.6) is 0 Å².